The Morgan fingerprint density at radius 1 is 1.35 bits per heavy atom. The van der Waals surface area contributed by atoms with Crippen LogP contribution in [-0.2, 0) is 0 Å². The fourth-order valence-corrected chi connectivity index (χ4v) is 2.00. The van der Waals surface area contributed by atoms with Gasteiger partial charge in [-0.25, -0.2) is 0 Å². The molecule has 0 aliphatic heterocycles. The maximum Gasteiger partial charge on any atom is 0.0741 e. The molecule has 4 nitrogen and oxygen atoms in total. The van der Waals surface area contributed by atoms with Gasteiger partial charge in [-0.1, -0.05) is 12.2 Å². The number of hydrogen-bond acceptors (Lipinski definition) is 2. The van der Waals surface area contributed by atoms with E-state index in [0.717, 1.165) is 17.7 Å². The zero-order valence-electron chi connectivity index (χ0n) is 10.1. The van der Waals surface area contributed by atoms with Crippen LogP contribution >= 0.6 is 0 Å². The zero-order chi connectivity index (χ0) is 11.8. The molecule has 0 bridgehead atoms. The number of nitrogens with zero attached hydrogens (tertiary/aromatic N) is 4. The molecule has 17 heavy (non-hydrogen) atoms. The number of allylic oxidation sites excluding steroid dienone is 2. The Morgan fingerprint density at radius 2 is 2.18 bits per heavy atom. The summed E-state index contributed by atoms with van der Waals surface area (Å²) in [4.78, 5) is 0. The van der Waals surface area contributed by atoms with E-state index in [4.69, 9.17) is 0 Å². The summed E-state index contributed by atoms with van der Waals surface area (Å²) in [6.07, 6.45) is 11.3. The van der Waals surface area contributed by atoms with Crippen LogP contribution in [0.5, 0.6) is 0 Å². The highest BCUT2D eigenvalue weighted by Gasteiger charge is 2.17. The van der Waals surface area contributed by atoms with Gasteiger partial charge >= 0.3 is 0 Å². The van der Waals surface area contributed by atoms with E-state index in [1.165, 1.54) is 0 Å². The van der Waals surface area contributed by atoms with Crippen molar-refractivity contribution in [2.45, 2.75) is 32.4 Å². The molecule has 1 aliphatic carbocycles. The van der Waals surface area contributed by atoms with Gasteiger partial charge in [0.25, 0.3) is 0 Å². The highest BCUT2D eigenvalue weighted by molar-refractivity contribution is 5.57. The highest BCUT2D eigenvalue weighted by atomic mass is 15.3. The lowest BCUT2D eigenvalue weighted by Crippen LogP contribution is -2.13. The second-order valence-electron chi connectivity index (χ2n) is 4.69. The van der Waals surface area contributed by atoms with Gasteiger partial charge < -0.3 is 0 Å². The fourth-order valence-electron chi connectivity index (χ4n) is 2.00. The summed E-state index contributed by atoms with van der Waals surface area (Å²) in [5.74, 6) is 0. The van der Waals surface area contributed by atoms with Crippen LogP contribution in [0, 0.1) is 0 Å². The summed E-state index contributed by atoms with van der Waals surface area (Å²) in [5.41, 5.74) is 2.28. The molecule has 2 heterocycles. The Balaban J connectivity index is 1.97. The van der Waals surface area contributed by atoms with Gasteiger partial charge in [0.2, 0.25) is 0 Å². The lowest BCUT2D eigenvalue weighted by atomic mass is 10.0. The van der Waals surface area contributed by atoms with Gasteiger partial charge in [-0.15, -0.1) is 0 Å². The van der Waals surface area contributed by atoms with Crippen LogP contribution in [0.25, 0.3) is 11.3 Å². The SMILES string of the molecule is CC(C)n1cc(-c2ccnn2C2C=CC2)cn1. The smallest absolute Gasteiger partial charge is 0.0741 e. The monoisotopic (exact) mass is 228 g/mol. The zero-order valence-corrected chi connectivity index (χ0v) is 10.1. The maximum absolute atomic E-state index is 4.40. The first kappa shape index (κ1) is 10.3. The number of aromatic nitrogens is 4. The van der Waals surface area contributed by atoms with Gasteiger partial charge in [-0.05, 0) is 26.3 Å². The number of rotatable bonds is 3. The molecule has 0 amide bonds. The quantitative estimate of drug-likeness (QED) is 0.757. The second-order valence-corrected chi connectivity index (χ2v) is 4.69. The molecule has 0 saturated heterocycles. The van der Waals surface area contributed by atoms with Crippen LogP contribution in [-0.4, -0.2) is 19.6 Å². The lowest BCUT2D eigenvalue weighted by molar-refractivity contribution is 0.516. The highest BCUT2D eigenvalue weighted by Crippen LogP contribution is 2.28. The molecule has 0 spiro atoms. The van der Waals surface area contributed by atoms with Crippen molar-refractivity contribution >= 4 is 0 Å². The van der Waals surface area contributed by atoms with E-state index < -0.39 is 0 Å². The van der Waals surface area contributed by atoms with Crippen molar-refractivity contribution in [3.8, 4) is 11.3 Å². The van der Waals surface area contributed by atoms with E-state index >= 15 is 0 Å². The molecule has 0 saturated carbocycles. The Hall–Kier alpha value is -1.84. The van der Waals surface area contributed by atoms with Gasteiger partial charge in [0, 0.05) is 24.0 Å². The van der Waals surface area contributed by atoms with Gasteiger partial charge in [0.15, 0.2) is 0 Å². The second kappa shape index (κ2) is 3.87. The fraction of sp³-hybridized carbons (Fsp3) is 0.385. The summed E-state index contributed by atoms with van der Waals surface area (Å²) in [6.45, 7) is 4.26. The van der Waals surface area contributed by atoms with Crippen molar-refractivity contribution in [1.29, 1.82) is 0 Å². The third-order valence-electron chi connectivity index (χ3n) is 3.15. The van der Waals surface area contributed by atoms with E-state index in [0.29, 0.717) is 12.1 Å². The third-order valence-corrected chi connectivity index (χ3v) is 3.15. The molecule has 0 fully saturated rings. The van der Waals surface area contributed by atoms with Crippen LogP contribution in [0.15, 0.2) is 36.8 Å². The van der Waals surface area contributed by atoms with Crippen LogP contribution in [0.1, 0.15) is 32.4 Å². The van der Waals surface area contributed by atoms with Crippen molar-refractivity contribution < 1.29 is 0 Å². The van der Waals surface area contributed by atoms with Gasteiger partial charge in [0.1, 0.15) is 0 Å². The molecular formula is C13H16N4. The van der Waals surface area contributed by atoms with E-state index in [-0.39, 0.29) is 0 Å². The molecule has 3 rings (SSSR count). The Labute approximate surface area is 101 Å². The summed E-state index contributed by atoms with van der Waals surface area (Å²) in [5, 5.41) is 8.77. The van der Waals surface area contributed by atoms with E-state index in [9.17, 15) is 0 Å². The molecule has 1 aliphatic rings. The molecule has 0 radical (unpaired) electrons. The molecule has 2 aromatic heterocycles. The predicted octanol–water partition coefficient (Wildman–Crippen LogP) is 2.83. The molecule has 88 valence electrons. The van der Waals surface area contributed by atoms with Crippen LogP contribution in [0.2, 0.25) is 0 Å². The first-order valence-electron chi connectivity index (χ1n) is 6.00. The van der Waals surface area contributed by atoms with Gasteiger partial charge in [-0.2, -0.15) is 10.2 Å². The summed E-state index contributed by atoms with van der Waals surface area (Å²) in [6, 6.07) is 2.86. The average molecular weight is 228 g/mol. The minimum atomic E-state index is 0.392. The Bertz CT molecular complexity index is 547. The van der Waals surface area contributed by atoms with Gasteiger partial charge in [-0.3, -0.25) is 9.36 Å². The normalized spacial score (nSPS) is 18.6. The summed E-state index contributed by atoms with van der Waals surface area (Å²) < 4.78 is 4.05. The lowest BCUT2D eigenvalue weighted by Gasteiger charge is -2.20. The van der Waals surface area contributed by atoms with Crippen molar-refractivity contribution in [3.63, 3.8) is 0 Å². The standard InChI is InChI=1S/C13H16N4/c1-10(2)16-9-11(8-15-16)13-6-7-14-17(13)12-4-3-5-12/h3-4,6-10,12H,5H2,1-2H3. The number of hydrogen-bond donors (Lipinski definition) is 0. The van der Waals surface area contributed by atoms with E-state index in [1.54, 1.807) is 0 Å². The average Bonchev–Trinajstić information content (AvgIpc) is 2.80. The maximum atomic E-state index is 4.40. The topological polar surface area (TPSA) is 35.6 Å². The van der Waals surface area contributed by atoms with Crippen molar-refractivity contribution in [1.82, 2.24) is 19.6 Å². The molecule has 1 unspecified atom stereocenters. The van der Waals surface area contributed by atoms with Crippen molar-refractivity contribution in [2.24, 2.45) is 0 Å². The molecule has 2 aromatic rings. The van der Waals surface area contributed by atoms with Crippen molar-refractivity contribution in [3.05, 3.63) is 36.8 Å². The minimum Gasteiger partial charge on any atom is -0.270 e. The van der Waals surface area contributed by atoms with Crippen LogP contribution in [0.4, 0.5) is 0 Å². The van der Waals surface area contributed by atoms with Crippen LogP contribution < -0.4 is 0 Å². The first-order valence-corrected chi connectivity index (χ1v) is 6.00. The molecule has 1 atom stereocenters. The minimum absolute atomic E-state index is 0.392. The Kier molecular flexibility index (Phi) is 2.35. The van der Waals surface area contributed by atoms with Crippen LogP contribution in [0.3, 0.4) is 0 Å². The first-order chi connectivity index (χ1) is 8.25. The van der Waals surface area contributed by atoms with E-state index in [1.807, 2.05) is 23.1 Å². The summed E-state index contributed by atoms with van der Waals surface area (Å²) in [7, 11) is 0. The summed E-state index contributed by atoms with van der Waals surface area (Å²) >= 11 is 0. The van der Waals surface area contributed by atoms with Gasteiger partial charge in [0.05, 0.1) is 17.9 Å². The molecule has 4 heteroatoms. The van der Waals surface area contributed by atoms with E-state index in [2.05, 4.69) is 47.1 Å². The molecular weight excluding hydrogens is 212 g/mol. The molecule has 0 N–H and O–H groups in total. The van der Waals surface area contributed by atoms with Crippen molar-refractivity contribution in [2.75, 3.05) is 0 Å². The third kappa shape index (κ3) is 1.69. The Morgan fingerprint density at radius 3 is 2.76 bits per heavy atom. The molecule has 0 aromatic carbocycles. The largest absolute Gasteiger partial charge is 0.270 e. The predicted molar refractivity (Wildman–Crippen MR) is 66.6 cm³/mol.